The normalized spacial score (nSPS) is 11.4. The largest absolute Gasteiger partial charge is 0.471 e. The Hall–Kier alpha value is -4.34. The number of hydrogen-bond donors (Lipinski definition) is 4. The Labute approximate surface area is 262 Å². The number of ether oxygens (including phenoxy) is 4. The Bertz CT molecular complexity index is 1390. The van der Waals surface area contributed by atoms with E-state index >= 15 is 0 Å². The molecule has 0 fully saturated rings. The number of hydrogen-bond acceptors (Lipinski definition) is 12. The number of amides is 2. The molecule has 0 spiro atoms. The smallest absolute Gasteiger partial charge is 0.462 e. The van der Waals surface area contributed by atoms with Gasteiger partial charge in [-0.05, 0) is 49.3 Å². The fourth-order valence-electron chi connectivity index (χ4n) is 3.33. The zero-order valence-electron chi connectivity index (χ0n) is 24.0. The standard InChI is InChI=1S/C24H24F6N4O10S2/c1-5-41-17(35)9-11(19(37)43-7-3)15(31-13(9)33-21(39)23(25,26)27)45-46-16-12(20(38)44-8-4)10(18(36)42-6-2)14(32-16)34-22(40)24(28,29)30/h31-32H,5-8H2,1-4H3,(H,33,39)(H,34,40). The topological polar surface area (TPSA) is 195 Å². The fourth-order valence-corrected chi connectivity index (χ4v) is 5.57. The molecule has 0 saturated carbocycles. The van der Waals surface area contributed by atoms with Crippen molar-refractivity contribution in [1.82, 2.24) is 9.97 Å². The van der Waals surface area contributed by atoms with Crippen molar-refractivity contribution in [3.05, 3.63) is 22.3 Å². The number of aromatic amines is 2. The highest BCUT2D eigenvalue weighted by Gasteiger charge is 2.42. The van der Waals surface area contributed by atoms with Crippen LogP contribution in [0.15, 0.2) is 10.1 Å². The van der Waals surface area contributed by atoms with Gasteiger partial charge in [-0.25, -0.2) is 19.2 Å². The molecule has 2 amide bonds. The van der Waals surface area contributed by atoms with Gasteiger partial charge in [0.15, 0.2) is 0 Å². The van der Waals surface area contributed by atoms with Crippen molar-refractivity contribution < 1.29 is 74.1 Å². The fraction of sp³-hybridized carbons (Fsp3) is 0.417. The number of carbonyl (C=O) groups is 6. The van der Waals surface area contributed by atoms with E-state index in [2.05, 4.69) is 9.97 Å². The van der Waals surface area contributed by atoms with Gasteiger partial charge in [0, 0.05) is 0 Å². The lowest BCUT2D eigenvalue weighted by molar-refractivity contribution is -0.167. The van der Waals surface area contributed by atoms with Crippen LogP contribution in [0.2, 0.25) is 0 Å². The maximum Gasteiger partial charge on any atom is 0.471 e. The van der Waals surface area contributed by atoms with Crippen molar-refractivity contribution >= 4 is 68.9 Å². The van der Waals surface area contributed by atoms with Gasteiger partial charge in [-0.2, -0.15) is 26.3 Å². The molecule has 22 heteroatoms. The molecular formula is C24H24F6N4O10S2. The Morgan fingerprint density at radius 2 is 0.804 bits per heavy atom. The lowest BCUT2D eigenvalue weighted by atomic mass is 10.2. The molecule has 14 nitrogen and oxygen atoms in total. The van der Waals surface area contributed by atoms with Crippen molar-refractivity contribution in [2.75, 3.05) is 37.1 Å². The van der Waals surface area contributed by atoms with Gasteiger partial charge in [-0.15, -0.1) is 0 Å². The monoisotopic (exact) mass is 706 g/mol. The molecule has 46 heavy (non-hydrogen) atoms. The van der Waals surface area contributed by atoms with Gasteiger partial charge in [-0.1, -0.05) is 0 Å². The highest BCUT2D eigenvalue weighted by molar-refractivity contribution is 8.76. The Kier molecular flexibility index (Phi) is 13.0. The molecule has 2 heterocycles. The summed E-state index contributed by atoms with van der Waals surface area (Å²) in [6.45, 7) is 4.20. The molecule has 0 aromatic carbocycles. The Morgan fingerprint density at radius 1 is 0.543 bits per heavy atom. The van der Waals surface area contributed by atoms with Gasteiger partial charge in [0.1, 0.15) is 43.9 Å². The van der Waals surface area contributed by atoms with Gasteiger partial charge in [0.25, 0.3) is 0 Å². The Morgan fingerprint density at radius 3 is 1.04 bits per heavy atom. The highest BCUT2D eigenvalue weighted by atomic mass is 33.1. The first-order chi connectivity index (χ1) is 21.4. The summed E-state index contributed by atoms with van der Waals surface area (Å²) in [5.41, 5.74) is -3.20. The van der Waals surface area contributed by atoms with Gasteiger partial charge in [0.05, 0.1) is 26.4 Å². The summed E-state index contributed by atoms with van der Waals surface area (Å²) in [4.78, 5) is 79.2. The lowest BCUT2D eigenvalue weighted by Crippen LogP contribution is -2.31. The third kappa shape index (κ3) is 9.11. The zero-order chi connectivity index (χ0) is 35.0. The molecule has 0 saturated heterocycles. The molecule has 4 N–H and O–H groups in total. The third-order valence-corrected chi connectivity index (χ3v) is 7.33. The molecule has 2 aromatic heterocycles. The summed E-state index contributed by atoms with van der Waals surface area (Å²) < 4.78 is 97.8. The molecule has 0 bridgehead atoms. The maximum absolute atomic E-state index is 13.0. The van der Waals surface area contributed by atoms with E-state index in [1.165, 1.54) is 38.3 Å². The molecule has 0 aliphatic heterocycles. The molecular weight excluding hydrogens is 682 g/mol. The van der Waals surface area contributed by atoms with Crippen LogP contribution in [0.5, 0.6) is 0 Å². The van der Waals surface area contributed by atoms with E-state index in [1.807, 2.05) is 0 Å². The first-order valence-electron chi connectivity index (χ1n) is 12.7. The Balaban J connectivity index is 2.79. The van der Waals surface area contributed by atoms with E-state index in [1.54, 1.807) is 0 Å². The minimum Gasteiger partial charge on any atom is -0.462 e. The first-order valence-corrected chi connectivity index (χ1v) is 14.9. The minimum atomic E-state index is -5.44. The number of nitrogens with one attached hydrogen (secondary N) is 4. The molecule has 0 radical (unpaired) electrons. The molecule has 0 aliphatic carbocycles. The summed E-state index contributed by atoms with van der Waals surface area (Å²) in [5.74, 6) is -12.2. The van der Waals surface area contributed by atoms with Crippen molar-refractivity contribution in [3.63, 3.8) is 0 Å². The molecule has 2 aromatic rings. The molecule has 0 aliphatic rings. The van der Waals surface area contributed by atoms with E-state index in [0.29, 0.717) is 21.6 Å². The second-order valence-electron chi connectivity index (χ2n) is 8.11. The molecule has 0 unspecified atom stereocenters. The van der Waals surface area contributed by atoms with Crippen molar-refractivity contribution in [2.24, 2.45) is 0 Å². The van der Waals surface area contributed by atoms with Crippen molar-refractivity contribution in [3.8, 4) is 0 Å². The van der Waals surface area contributed by atoms with Crippen LogP contribution in [0.1, 0.15) is 69.1 Å². The van der Waals surface area contributed by atoms with Crippen LogP contribution in [0.25, 0.3) is 0 Å². The summed E-state index contributed by atoms with van der Waals surface area (Å²) in [6.07, 6.45) is -10.9. The SMILES string of the molecule is CCOC(=O)c1c(NC(=O)C(F)(F)F)[nH]c(SSc2[nH]c(NC(=O)C(F)(F)F)c(C(=O)OCC)c2C(=O)OCC)c1C(=O)OCC. The number of anilines is 2. The zero-order valence-corrected chi connectivity index (χ0v) is 25.6. The summed E-state index contributed by atoms with van der Waals surface area (Å²) in [7, 11) is 0.749. The quantitative estimate of drug-likeness (QED) is 0.0959. The van der Waals surface area contributed by atoms with E-state index in [9.17, 15) is 55.1 Å². The van der Waals surface area contributed by atoms with E-state index in [0.717, 1.165) is 0 Å². The number of rotatable bonds is 13. The van der Waals surface area contributed by atoms with Crippen LogP contribution in [0.3, 0.4) is 0 Å². The van der Waals surface area contributed by atoms with Crippen LogP contribution in [0.4, 0.5) is 38.0 Å². The van der Waals surface area contributed by atoms with Crippen LogP contribution >= 0.6 is 21.6 Å². The average molecular weight is 707 g/mol. The molecule has 254 valence electrons. The number of aromatic nitrogens is 2. The van der Waals surface area contributed by atoms with Crippen LogP contribution < -0.4 is 10.6 Å². The van der Waals surface area contributed by atoms with Gasteiger partial charge < -0.3 is 39.5 Å². The van der Waals surface area contributed by atoms with Crippen molar-refractivity contribution in [1.29, 1.82) is 0 Å². The predicted octanol–water partition coefficient (Wildman–Crippen LogP) is 4.85. The number of halogens is 6. The average Bonchev–Trinajstić information content (AvgIpc) is 3.49. The second-order valence-corrected chi connectivity index (χ2v) is 10.3. The number of H-pyrrole nitrogens is 2. The lowest BCUT2D eigenvalue weighted by Gasteiger charge is -2.09. The minimum absolute atomic E-state index is 0.289. The van der Waals surface area contributed by atoms with Crippen LogP contribution in [-0.2, 0) is 28.5 Å². The highest BCUT2D eigenvalue weighted by Crippen LogP contribution is 2.45. The van der Waals surface area contributed by atoms with E-state index < -0.39 is 92.0 Å². The van der Waals surface area contributed by atoms with Gasteiger partial charge in [-0.3, -0.25) is 9.59 Å². The van der Waals surface area contributed by atoms with Gasteiger partial charge >= 0.3 is 48.0 Å². The number of alkyl halides is 6. The van der Waals surface area contributed by atoms with Gasteiger partial charge in [0.2, 0.25) is 0 Å². The third-order valence-electron chi connectivity index (χ3n) is 5.05. The second kappa shape index (κ2) is 15.8. The van der Waals surface area contributed by atoms with Crippen LogP contribution in [0, 0.1) is 0 Å². The first kappa shape index (κ1) is 37.8. The summed E-state index contributed by atoms with van der Waals surface area (Å²) in [5, 5.41) is 1.89. The van der Waals surface area contributed by atoms with Crippen molar-refractivity contribution in [2.45, 2.75) is 50.1 Å². The number of carbonyl (C=O) groups excluding carboxylic acids is 6. The molecule has 0 atom stereocenters. The van der Waals surface area contributed by atoms with Crippen LogP contribution in [-0.4, -0.2) is 84.4 Å². The summed E-state index contributed by atoms with van der Waals surface area (Å²) >= 11 is 0. The predicted molar refractivity (Wildman–Crippen MR) is 146 cm³/mol. The van der Waals surface area contributed by atoms with E-state index in [4.69, 9.17) is 18.9 Å². The molecule has 2 rings (SSSR count). The van der Waals surface area contributed by atoms with E-state index in [-0.39, 0.29) is 26.4 Å². The number of esters is 4. The maximum atomic E-state index is 13.0. The summed E-state index contributed by atoms with van der Waals surface area (Å²) in [6, 6.07) is 0.